The molecule has 0 aromatic heterocycles. The molecule has 0 radical (unpaired) electrons. The van der Waals surface area contributed by atoms with Gasteiger partial charge >= 0.3 is 0 Å². The van der Waals surface area contributed by atoms with Gasteiger partial charge in [-0.2, -0.15) is 0 Å². The molecule has 0 spiro atoms. The van der Waals surface area contributed by atoms with Crippen LogP contribution in [0.4, 0.5) is 10.1 Å². The molecular formula is C32H36Cl2FN3O5S. The fourth-order valence-electron chi connectivity index (χ4n) is 5.14. The molecule has 0 heterocycles. The number of amides is 2. The van der Waals surface area contributed by atoms with Crippen LogP contribution in [0, 0.1) is 5.82 Å². The maximum absolute atomic E-state index is 14.1. The summed E-state index contributed by atoms with van der Waals surface area (Å²) in [6.45, 7) is 2.98. The molecule has 0 unspecified atom stereocenters. The monoisotopic (exact) mass is 663 g/mol. The molecule has 3 aromatic rings. The van der Waals surface area contributed by atoms with Crippen molar-refractivity contribution in [3.63, 3.8) is 0 Å². The smallest absolute Gasteiger partial charge is 0.264 e. The van der Waals surface area contributed by atoms with E-state index in [0.29, 0.717) is 28.0 Å². The standard InChI is InChI=1S/C32H36Cl2FN3O5S/c1-3-43-26-16-18-27(19-17-26)44(41,42)38(25-14-12-23(35)13-15-25)21-31(39)37(20-28-29(33)10-7-11-30(28)34)22(2)32(40)36-24-8-5-4-6-9-24/h7,10-19,22,24H,3-6,8-9,20-21H2,1-2H3,(H,36,40)/t22-/m1/s1. The predicted molar refractivity (Wildman–Crippen MR) is 170 cm³/mol. The molecule has 1 N–H and O–H groups in total. The molecule has 1 atom stereocenters. The van der Waals surface area contributed by atoms with Gasteiger partial charge in [0.2, 0.25) is 11.8 Å². The Balaban J connectivity index is 1.70. The Morgan fingerprint density at radius 1 is 0.977 bits per heavy atom. The van der Waals surface area contributed by atoms with Crippen molar-refractivity contribution in [2.45, 2.75) is 69.5 Å². The summed E-state index contributed by atoms with van der Waals surface area (Å²) >= 11 is 12.9. The van der Waals surface area contributed by atoms with Gasteiger partial charge in [0.05, 0.1) is 17.2 Å². The summed E-state index contributed by atoms with van der Waals surface area (Å²) in [7, 11) is -4.33. The first-order valence-corrected chi connectivity index (χ1v) is 16.7. The maximum Gasteiger partial charge on any atom is 0.264 e. The molecule has 0 bridgehead atoms. The Labute approximate surface area is 268 Å². The molecule has 12 heteroatoms. The maximum atomic E-state index is 14.1. The van der Waals surface area contributed by atoms with Gasteiger partial charge in [0, 0.05) is 28.2 Å². The van der Waals surface area contributed by atoms with E-state index in [1.807, 2.05) is 6.92 Å². The van der Waals surface area contributed by atoms with Crippen LogP contribution >= 0.6 is 23.2 Å². The summed E-state index contributed by atoms with van der Waals surface area (Å²) in [4.78, 5) is 28.8. The summed E-state index contributed by atoms with van der Waals surface area (Å²) in [5, 5.41) is 3.65. The summed E-state index contributed by atoms with van der Waals surface area (Å²) in [6, 6.07) is 14.5. The highest BCUT2D eigenvalue weighted by molar-refractivity contribution is 7.92. The second-order valence-corrected chi connectivity index (χ2v) is 13.3. The van der Waals surface area contributed by atoms with E-state index in [-0.39, 0.29) is 29.1 Å². The lowest BCUT2D eigenvalue weighted by molar-refractivity contribution is -0.139. The highest BCUT2D eigenvalue weighted by atomic mass is 35.5. The van der Waals surface area contributed by atoms with Gasteiger partial charge in [0.1, 0.15) is 24.2 Å². The van der Waals surface area contributed by atoms with Crippen molar-refractivity contribution >= 4 is 50.7 Å². The highest BCUT2D eigenvalue weighted by Crippen LogP contribution is 2.29. The van der Waals surface area contributed by atoms with E-state index in [0.717, 1.165) is 48.5 Å². The van der Waals surface area contributed by atoms with Crippen LogP contribution in [-0.2, 0) is 26.2 Å². The minimum Gasteiger partial charge on any atom is -0.494 e. The van der Waals surface area contributed by atoms with Crippen LogP contribution in [-0.4, -0.2) is 50.4 Å². The molecule has 8 nitrogen and oxygen atoms in total. The highest BCUT2D eigenvalue weighted by Gasteiger charge is 2.34. The van der Waals surface area contributed by atoms with Crippen LogP contribution in [0.15, 0.2) is 71.6 Å². The Morgan fingerprint density at radius 3 is 2.18 bits per heavy atom. The van der Waals surface area contributed by atoms with Crippen LogP contribution in [0.2, 0.25) is 10.0 Å². The second kappa shape index (κ2) is 15.1. The molecule has 1 aliphatic carbocycles. The zero-order valence-electron chi connectivity index (χ0n) is 24.6. The average molecular weight is 665 g/mol. The molecule has 0 saturated heterocycles. The summed E-state index contributed by atoms with van der Waals surface area (Å²) < 4.78 is 48.1. The number of carbonyl (C=O) groups is 2. The first-order chi connectivity index (χ1) is 21.0. The minimum atomic E-state index is -4.33. The molecular weight excluding hydrogens is 628 g/mol. The van der Waals surface area contributed by atoms with E-state index in [4.69, 9.17) is 27.9 Å². The number of halogens is 3. The van der Waals surface area contributed by atoms with E-state index in [1.54, 1.807) is 25.1 Å². The lowest BCUT2D eigenvalue weighted by atomic mass is 9.95. The van der Waals surface area contributed by atoms with Crippen LogP contribution in [0.25, 0.3) is 0 Å². The lowest BCUT2D eigenvalue weighted by Crippen LogP contribution is -2.53. The van der Waals surface area contributed by atoms with Gasteiger partial charge in [-0.1, -0.05) is 48.5 Å². The Morgan fingerprint density at radius 2 is 1.59 bits per heavy atom. The van der Waals surface area contributed by atoms with Gasteiger partial charge in [-0.25, -0.2) is 12.8 Å². The van der Waals surface area contributed by atoms with Crippen LogP contribution < -0.4 is 14.4 Å². The summed E-state index contributed by atoms with van der Waals surface area (Å²) in [5.74, 6) is -1.12. The number of nitrogens with one attached hydrogen (secondary N) is 1. The number of anilines is 1. The van der Waals surface area contributed by atoms with Crippen molar-refractivity contribution < 1.29 is 27.1 Å². The van der Waals surface area contributed by atoms with Gasteiger partial charge in [-0.3, -0.25) is 13.9 Å². The number of ether oxygens (including phenoxy) is 1. The fraction of sp³-hybridized carbons (Fsp3) is 0.375. The molecule has 1 saturated carbocycles. The largest absolute Gasteiger partial charge is 0.494 e. The first-order valence-electron chi connectivity index (χ1n) is 14.5. The summed E-state index contributed by atoms with van der Waals surface area (Å²) in [6.07, 6.45) is 4.82. The van der Waals surface area contributed by atoms with E-state index in [1.165, 1.54) is 41.3 Å². The number of rotatable bonds is 12. The number of nitrogens with zero attached hydrogens (tertiary/aromatic N) is 2. The van der Waals surface area contributed by atoms with Gasteiger partial charge in [-0.15, -0.1) is 0 Å². The van der Waals surface area contributed by atoms with Crippen molar-refractivity contribution in [2.24, 2.45) is 0 Å². The molecule has 3 aromatic carbocycles. The van der Waals surface area contributed by atoms with Crippen molar-refractivity contribution in [3.05, 3.63) is 88.2 Å². The topological polar surface area (TPSA) is 96.0 Å². The predicted octanol–water partition coefficient (Wildman–Crippen LogP) is 6.59. The Kier molecular flexibility index (Phi) is 11.5. The molecule has 1 fully saturated rings. The summed E-state index contributed by atoms with van der Waals surface area (Å²) in [5.41, 5.74) is 0.493. The Bertz CT molecular complexity index is 1530. The third-order valence-electron chi connectivity index (χ3n) is 7.63. The zero-order chi connectivity index (χ0) is 31.9. The van der Waals surface area contributed by atoms with Crippen molar-refractivity contribution in [1.82, 2.24) is 10.2 Å². The molecule has 1 aliphatic rings. The van der Waals surface area contributed by atoms with E-state index in [9.17, 15) is 22.4 Å². The average Bonchev–Trinajstić information content (AvgIpc) is 3.01. The third kappa shape index (κ3) is 8.22. The SMILES string of the molecule is CCOc1ccc(S(=O)(=O)N(CC(=O)N(Cc2c(Cl)cccc2Cl)[C@H](C)C(=O)NC2CCCCC2)c2ccc(F)cc2)cc1. The van der Waals surface area contributed by atoms with Gasteiger partial charge in [0.15, 0.2) is 0 Å². The molecule has 44 heavy (non-hydrogen) atoms. The minimum absolute atomic E-state index is 0.00435. The van der Waals surface area contributed by atoms with Gasteiger partial charge < -0.3 is 15.0 Å². The zero-order valence-corrected chi connectivity index (χ0v) is 27.0. The molecule has 2 amide bonds. The van der Waals surface area contributed by atoms with Crippen molar-refractivity contribution in [3.8, 4) is 5.75 Å². The van der Waals surface area contributed by atoms with Crippen LogP contribution in [0.5, 0.6) is 5.75 Å². The molecule has 4 rings (SSSR count). The van der Waals surface area contributed by atoms with E-state index < -0.39 is 34.3 Å². The lowest BCUT2D eigenvalue weighted by Gasteiger charge is -2.33. The normalized spacial score (nSPS) is 14.5. The number of benzene rings is 3. The number of sulfonamides is 1. The van der Waals surface area contributed by atoms with Crippen molar-refractivity contribution in [2.75, 3.05) is 17.5 Å². The third-order valence-corrected chi connectivity index (χ3v) is 10.1. The van der Waals surface area contributed by atoms with Crippen molar-refractivity contribution in [1.29, 1.82) is 0 Å². The molecule has 236 valence electrons. The number of hydrogen-bond acceptors (Lipinski definition) is 5. The number of carbonyl (C=O) groups excluding carboxylic acids is 2. The number of hydrogen-bond donors (Lipinski definition) is 1. The van der Waals surface area contributed by atoms with Crippen LogP contribution in [0.1, 0.15) is 51.5 Å². The van der Waals surface area contributed by atoms with Crippen LogP contribution in [0.3, 0.4) is 0 Å². The quantitative estimate of drug-likeness (QED) is 0.236. The second-order valence-electron chi connectivity index (χ2n) is 10.6. The Hall–Kier alpha value is -3.34. The van der Waals surface area contributed by atoms with E-state index >= 15 is 0 Å². The molecule has 0 aliphatic heterocycles. The fourth-order valence-corrected chi connectivity index (χ4v) is 7.07. The van der Waals surface area contributed by atoms with Gasteiger partial charge in [-0.05, 0) is 87.4 Å². The first kappa shape index (κ1) is 33.6. The van der Waals surface area contributed by atoms with E-state index in [2.05, 4.69) is 5.32 Å². The van der Waals surface area contributed by atoms with Gasteiger partial charge in [0.25, 0.3) is 10.0 Å².